The number of benzene rings is 1. The van der Waals surface area contributed by atoms with Crippen molar-refractivity contribution in [2.75, 3.05) is 12.4 Å². The zero-order valence-corrected chi connectivity index (χ0v) is 14.5. The topological polar surface area (TPSA) is 81.4 Å². The van der Waals surface area contributed by atoms with Gasteiger partial charge in [-0.2, -0.15) is 0 Å². The Labute approximate surface area is 134 Å². The normalized spacial score (nSPS) is 12.2. The van der Waals surface area contributed by atoms with Crippen LogP contribution in [0, 0.1) is 5.92 Å². The summed E-state index contributed by atoms with van der Waals surface area (Å²) >= 11 is 6.60. The van der Waals surface area contributed by atoms with Crippen LogP contribution in [-0.4, -0.2) is 25.0 Å². The molecule has 0 heterocycles. The number of rotatable bonds is 4. The Morgan fingerprint density at radius 1 is 1.30 bits per heavy atom. The van der Waals surface area contributed by atoms with E-state index in [-0.39, 0.29) is 17.4 Å². The van der Waals surface area contributed by atoms with E-state index in [2.05, 4.69) is 37.2 Å². The molecule has 0 saturated heterocycles. The largest absolute Gasteiger partial charge is 0.465 e. The van der Waals surface area contributed by atoms with Gasteiger partial charge in [0.2, 0.25) is 5.91 Å². The maximum atomic E-state index is 12.0. The van der Waals surface area contributed by atoms with Crippen molar-refractivity contribution in [1.29, 1.82) is 0 Å². The Kier molecular flexibility index (Phi) is 6.16. The Morgan fingerprint density at radius 2 is 1.90 bits per heavy atom. The summed E-state index contributed by atoms with van der Waals surface area (Å²) in [7, 11) is 1.28. The van der Waals surface area contributed by atoms with Gasteiger partial charge in [0.25, 0.3) is 0 Å². The molecule has 0 fully saturated rings. The van der Waals surface area contributed by atoms with Crippen molar-refractivity contribution in [2.45, 2.75) is 19.9 Å². The SMILES string of the molecule is COC(=O)c1cc(Br)cc(Br)c1NC(=O)C(N)C(C)C. The lowest BCUT2D eigenvalue weighted by Crippen LogP contribution is -2.40. The first kappa shape index (κ1) is 17.1. The number of hydrogen-bond acceptors (Lipinski definition) is 4. The average Bonchev–Trinajstić information content (AvgIpc) is 2.39. The number of amides is 1. The lowest BCUT2D eigenvalue weighted by Gasteiger charge is -2.18. The van der Waals surface area contributed by atoms with Crippen LogP contribution < -0.4 is 11.1 Å². The minimum atomic E-state index is -0.656. The van der Waals surface area contributed by atoms with E-state index in [1.54, 1.807) is 12.1 Å². The van der Waals surface area contributed by atoms with Crippen LogP contribution in [-0.2, 0) is 9.53 Å². The molecule has 0 radical (unpaired) electrons. The third kappa shape index (κ3) is 4.04. The van der Waals surface area contributed by atoms with Crippen LogP contribution in [0.1, 0.15) is 24.2 Å². The van der Waals surface area contributed by atoms with Crippen molar-refractivity contribution in [1.82, 2.24) is 0 Å². The van der Waals surface area contributed by atoms with Gasteiger partial charge in [0.1, 0.15) is 0 Å². The minimum Gasteiger partial charge on any atom is -0.465 e. The highest BCUT2D eigenvalue weighted by Crippen LogP contribution is 2.31. The number of methoxy groups -OCH3 is 1. The fourth-order valence-corrected chi connectivity index (χ4v) is 2.81. The van der Waals surface area contributed by atoms with Crippen molar-refractivity contribution < 1.29 is 14.3 Å². The van der Waals surface area contributed by atoms with Crippen LogP contribution in [0.4, 0.5) is 5.69 Å². The fourth-order valence-electron chi connectivity index (χ4n) is 1.48. The van der Waals surface area contributed by atoms with Crippen molar-refractivity contribution in [3.8, 4) is 0 Å². The molecule has 1 unspecified atom stereocenters. The molecule has 3 N–H and O–H groups in total. The molecular weight excluding hydrogens is 392 g/mol. The second-order valence-electron chi connectivity index (χ2n) is 4.56. The van der Waals surface area contributed by atoms with E-state index in [9.17, 15) is 9.59 Å². The van der Waals surface area contributed by atoms with E-state index in [4.69, 9.17) is 10.5 Å². The van der Waals surface area contributed by atoms with Crippen LogP contribution in [0.5, 0.6) is 0 Å². The molecule has 0 aromatic heterocycles. The fraction of sp³-hybridized carbons (Fsp3) is 0.385. The summed E-state index contributed by atoms with van der Waals surface area (Å²) in [6, 6.07) is 2.65. The molecule has 0 aliphatic heterocycles. The average molecular weight is 408 g/mol. The predicted octanol–water partition coefficient (Wildman–Crippen LogP) is 2.92. The van der Waals surface area contributed by atoms with Crippen molar-refractivity contribution in [3.05, 3.63) is 26.6 Å². The Morgan fingerprint density at radius 3 is 2.40 bits per heavy atom. The van der Waals surface area contributed by atoms with Crippen molar-refractivity contribution in [2.24, 2.45) is 11.7 Å². The lowest BCUT2D eigenvalue weighted by molar-refractivity contribution is -0.118. The molecule has 1 aromatic carbocycles. The Hall–Kier alpha value is -0.920. The quantitative estimate of drug-likeness (QED) is 0.751. The number of ether oxygens (including phenoxy) is 1. The number of anilines is 1. The third-order valence-corrected chi connectivity index (χ3v) is 3.81. The molecule has 110 valence electrons. The van der Waals surface area contributed by atoms with E-state index in [1.165, 1.54) is 7.11 Å². The highest BCUT2D eigenvalue weighted by Gasteiger charge is 2.22. The van der Waals surface area contributed by atoms with E-state index in [0.29, 0.717) is 14.6 Å². The summed E-state index contributed by atoms with van der Waals surface area (Å²) in [5.74, 6) is -0.903. The standard InChI is InChI=1S/C13H16Br2N2O3/c1-6(2)10(16)12(18)17-11-8(13(19)20-3)4-7(14)5-9(11)15/h4-6,10H,16H2,1-3H3,(H,17,18). The molecule has 20 heavy (non-hydrogen) atoms. The van der Waals surface area contributed by atoms with E-state index in [0.717, 1.165) is 0 Å². The molecule has 1 rings (SSSR count). The molecule has 0 bridgehead atoms. The first-order valence-electron chi connectivity index (χ1n) is 5.91. The van der Waals surface area contributed by atoms with Gasteiger partial charge in [-0.3, -0.25) is 4.79 Å². The van der Waals surface area contributed by atoms with Gasteiger partial charge >= 0.3 is 5.97 Å². The van der Waals surface area contributed by atoms with Crippen LogP contribution >= 0.6 is 31.9 Å². The number of nitrogens with two attached hydrogens (primary N) is 1. The summed E-state index contributed by atoms with van der Waals surface area (Å²) in [6.45, 7) is 3.70. The zero-order chi connectivity index (χ0) is 15.4. The molecular formula is C13H16Br2N2O3. The van der Waals surface area contributed by atoms with Gasteiger partial charge in [-0.25, -0.2) is 4.79 Å². The maximum absolute atomic E-state index is 12.0. The smallest absolute Gasteiger partial charge is 0.340 e. The monoisotopic (exact) mass is 406 g/mol. The summed E-state index contributed by atoms with van der Waals surface area (Å²) in [6.07, 6.45) is 0. The van der Waals surface area contributed by atoms with Gasteiger partial charge in [0, 0.05) is 8.95 Å². The highest BCUT2D eigenvalue weighted by molar-refractivity contribution is 9.11. The van der Waals surface area contributed by atoms with Gasteiger partial charge in [-0.15, -0.1) is 0 Å². The second kappa shape index (κ2) is 7.19. The first-order chi connectivity index (χ1) is 9.27. The minimum absolute atomic E-state index is 0.00852. The van der Waals surface area contributed by atoms with Crippen molar-refractivity contribution >= 4 is 49.4 Å². The summed E-state index contributed by atoms with van der Waals surface area (Å²) in [5.41, 5.74) is 6.39. The highest BCUT2D eigenvalue weighted by atomic mass is 79.9. The number of carbonyl (C=O) groups is 2. The number of nitrogens with one attached hydrogen (secondary N) is 1. The Bertz CT molecular complexity index is 533. The number of carbonyl (C=O) groups excluding carboxylic acids is 2. The lowest BCUT2D eigenvalue weighted by atomic mass is 10.0. The van der Waals surface area contributed by atoms with E-state index >= 15 is 0 Å². The maximum Gasteiger partial charge on any atom is 0.340 e. The molecule has 0 aliphatic carbocycles. The second-order valence-corrected chi connectivity index (χ2v) is 6.33. The summed E-state index contributed by atoms with van der Waals surface area (Å²) in [5, 5.41) is 2.67. The molecule has 1 atom stereocenters. The van der Waals surface area contributed by atoms with Gasteiger partial charge in [-0.05, 0) is 34.0 Å². The molecule has 0 aliphatic rings. The number of halogens is 2. The van der Waals surface area contributed by atoms with Crippen LogP contribution in [0.2, 0.25) is 0 Å². The summed E-state index contributed by atoms with van der Waals surface area (Å²) in [4.78, 5) is 23.8. The van der Waals surface area contributed by atoms with Gasteiger partial charge in [0.05, 0.1) is 24.4 Å². The van der Waals surface area contributed by atoms with E-state index in [1.807, 2.05) is 13.8 Å². The predicted molar refractivity (Wildman–Crippen MR) is 84.6 cm³/mol. The van der Waals surface area contributed by atoms with Crippen LogP contribution in [0.15, 0.2) is 21.1 Å². The molecule has 1 aromatic rings. The first-order valence-corrected chi connectivity index (χ1v) is 7.50. The van der Waals surface area contributed by atoms with Gasteiger partial charge in [0.15, 0.2) is 0 Å². The number of esters is 1. The Balaban J connectivity index is 3.17. The molecule has 1 amide bonds. The van der Waals surface area contributed by atoms with Gasteiger partial charge < -0.3 is 15.8 Å². The van der Waals surface area contributed by atoms with Gasteiger partial charge in [-0.1, -0.05) is 29.8 Å². The number of hydrogen-bond donors (Lipinski definition) is 2. The molecule has 7 heteroatoms. The van der Waals surface area contributed by atoms with E-state index < -0.39 is 12.0 Å². The molecule has 0 saturated carbocycles. The zero-order valence-electron chi connectivity index (χ0n) is 11.4. The van der Waals surface area contributed by atoms with Crippen LogP contribution in [0.3, 0.4) is 0 Å². The van der Waals surface area contributed by atoms with Crippen LogP contribution in [0.25, 0.3) is 0 Å². The molecule has 0 spiro atoms. The molecule has 5 nitrogen and oxygen atoms in total. The summed E-state index contributed by atoms with van der Waals surface area (Å²) < 4.78 is 5.97. The third-order valence-electron chi connectivity index (χ3n) is 2.73. The van der Waals surface area contributed by atoms with Crippen molar-refractivity contribution in [3.63, 3.8) is 0 Å².